The molecule has 0 aromatic carbocycles. The molecule has 2 rings (SSSR count). The smallest absolute Gasteiger partial charge is 0.141 e. The molecule has 82 valence electrons. The maximum atomic E-state index is 12.8. The van der Waals surface area contributed by atoms with E-state index >= 15 is 0 Å². The zero-order valence-electron chi connectivity index (χ0n) is 9.04. The zero-order valence-corrected chi connectivity index (χ0v) is 9.04. The van der Waals surface area contributed by atoms with Crippen molar-refractivity contribution in [1.82, 2.24) is 10.3 Å². The minimum atomic E-state index is -0.255. The van der Waals surface area contributed by atoms with Gasteiger partial charge >= 0.3 is 0 Å². The summed E-state index contributed by atoms with van der Waals surface area (Å²) in [5.74, 6) is 0.572. The molecule has 1 aromatic rings. The Hall–Kier alpha value is -0.960. The minimum absolute atomic E-state index is 0.255. The van der Waals surface area contributed by atoms with Crippen LogP contribution in [-0.4, -0.2) is 11.0 Å². The van der Waals surface area contributed by atoms with Gasteiger partial charge in [-0.1, -0.05) is 6.92 Å². The van der Waals surface area contributed by atoms with Gasteiger partial charge in [0.1, 0.15) is 5.82 Å². The Morgan fingerprint density at radius 2 is 2.33 bits per heavy atom. The molecule has 0 spiro atoms. The highest BCUT2D eigenvalue weighted by atomic mass is 19.1. The van der Waals surface area contributed by atoms with Crippen molar-refractivity contribution in [2.24, 2.45) is 5.92 Å². The summed E-state index contributed by atoms with van der Waals surface area (Å²) in [6.45, 7) is 3.01. The van der Waals surface area contributed by atoms with Crippen LogP contribution in [0.25, 0.3) is 0 Å². The molecule has 2 nitrogen and oxygen atoms in total. The summed E-state index contributed by atoms with van der Waals surface area (Å²) in [6, 6.07) is 2.14. The summed E-state index contributed by atoms with van der Waals surface area (Å²) in [7, 11) is 0. The quantitative estimate of drug-likeness (QED) is 0.825. The molecule has 1 aromatic heterocycles. The van der Waals surface area contributed by atoms with E-state index in [-0.39, 0.29) is 5.82 Å². The predicted octanol–water partition coefficient (Wildman–Crippen LogP) is 2.50. The molecule has 1 fully saturated rings. The monoisotopic (exact) mass is 208 g/mol. The van der Waals surface area contributed by atoms with Crippen LogP contribution in [0.3, 0.4) is 0 Å². The molecule has 0 bridgehead atoms. The van der Waals surface area contributed by atoms with E-state index in [2.05, 4.69) is 17.2 Å². The lowest BCUT2D eigenvalue weighted by molar-refractivity contribution is 0.500. The average Bonchev–Trinajstić information content (AvgIpc) is 2.62. The summed E-state index contributed by atoms with van der Waals surface area (Å²) < 4.78 is 12.8. The second-order valence-electron chi connectivity index (χ2n) is 4.51. The van der Waals surface area contributed by atoms with E-state index in [1.54, 1.807) is 12.3 Å². The summed E-state index contributed by atoms with van der Waals surface area (Å²) in [5, 5.41) is 3.45. The lowest BCUT2D eigenvalue weighted by atomic mass is 10.1. The molecule has 0 radical (unpaired) electrons. The lowest BCUT2D eigenvalue weighted by Crippen LogP contribution is -2.25. The van der Waals surface area contributed by atoms with Gasteiger partial charge in [0.05, 0.1) is 6.20 Å². The molecule has 0 saturated heterocycles. The van der Waals surface area contributed by atoms with Gasteiger partial charge in [-0.25, -0.2) is 4.39 Å². The molecule has 1 aliphatic carbocycles. The number of hydrogen-bond acceptors (Lipinski definition) is 2. The van der Waals surface area contributed by atoms with Crippen molar-refractivity contribution >= 4 is 0 Å². The molecule has 3 heteroatoms. The first-order chi connectivity index (χ1) is 7.24. The first-order valence-corrected chi connectivity index (χ1v) is 5.57. The van der Waals surface area contributed by atoms with Crippen LogP contribution in [0.4, 0.5) is 4.39 Å². The van der Waals surface area contributed by atoms with E-state index in [9.17, 15) is 4.39 Å². The fourth-order valence-corrected chi connectivity index (χ4v) is 2.21. The topological polar surface area (TPSA) is 24.9 Å². The fourth-order valence-electron chi connectivity index (χ4n) is 2.21. The van der Waals surface area contributed by atoms with Gasteiger partial charge < -0.3 is 5.32 Å². The Kier molecular flexibility index (Phi) is 3.31. The number of nitrogens with one attached hydrogen (secondary N) is 1. The molecular weight excluding hydrogens is 191 g/mol. The van der Waals surface area contributed by atoms with Crippen molar-refractivity contribution in [2.45, 2.75) is 38.8 Å². The maximum Gasteiger partial charge on any atom is 0.141 e. The number of halogens is 1. The first-order valence-electron chi connectivity index (χ1n) is 5.57. The van der Waals surface area contributed by atoms with Gasteiger partial charge in [0, 0.05) is 18.8 Å². The van der Waals surface area contributed by atoms with Gasteiger partial charge in [0.25, 0.3) is 0 Å². The predicted molar refractivity (Wildman–Crippen MR) is 57.8 cm³/mol. The van der Waals surface area contributed by atoms with Crippen LogP contribution in [0, 0.1) is 11.7 Å². The number of nitrogens with zero attached hydrogens (tertiary/aromatic N) is 1. The molecule has 1 aliphatic rings. The first kappa shape index (κ1) is 10.6. The third kappa shape index (κ3) is 2.99. The van der Waals surface area contributed by atoms with Gasteiger partial charge in [0.15, 0.2) is 0 Å². The summed E-state index contributed by atoms with van der Waals surface area (Å²) >= 11 is 0. The maximum absolute atomic E-state index is 12.8. The van der Waals surface area contributed by atoms with Crippen molar-refractivity contribution < 1.29 is 4.39 Å². The largest absolute Gasteiger partial charge is 0.310 e. The minimum Gasteiger partial charge on any atom is -0.310 e. The van der Waals surface area contributed by atoms with Crippen molar-refractivity contribution in [1.29, 1.82) is 0 Å². The van der Waals surface area contributed by atoms with E-state index in [0.29, 0.717) is 6.04 Å². The van der Waals surface area contributed by atoms with Crippen molar-refractivity contribution in [3.63, 3.8) is 0 Å². The van der Waals surface area contributed by atoms with Crippen LogP contribution in [-0.2, 0) is 6.54 Å². The second-order valence-corrected chi connectivity index (χ2v) is 4.51. The second kappa shape index (κ2) is 4.71. The Balaban J connectivity index is 1.83. The molecule has 2 unspecified atom stereocenters. The zero-order chi connectivity index (χ0) is 10.7. The standard InChI is InChI=1S/C12H17FN2/c1-9-2-3-12(4-9)15-7-10-5-11(13)8-14-6-10/h5-6,8-9,12,15H,2-4,7H2,1H3. The Morgan fingerprint density at radius 1 is 1.47 bits per heavy atom. The molecule has 0 amide bonds. The number of rotatable bonds is 3. The third-order valence-electron chi connectivity index (χ3n) is 3.05. The number of aromatic nitrogens is 1. The highest BCUT2D eigenvalue weighted by molar-refractivity contribution is 5.09. The van der Waals surface area contributed by atoms with Crippen LogP contribution in [0.15, 0.2) is 18.5 Å². The average molecular weight is 208 g/mol. The van der Waals surface area contributed by atoms with Crippen LogP contribution in [0.1, 0.15) is 31.7 Å². The summed E-state index contributed by atoms with van der Waals surface area (Å²) in [6.07, 6.45) is 6.74. The lowest BCUT2D eigenvalue weighted by Gasteiger charge is -2.11. The van der Waals surface area contributed by atoms with Crippen LogP contribution >= 0.6 is 0 Å². The van der Waals surface area contributed by atoms with Gasteiger partial charge in [-0.05, 0) is 36.8 Å². The number of pyridine rings is 1. The molecule has 15 heavy (non-hydrogen) atoms. The highest BCUT2D eigenvalue weighted by Crippen LogP contribution is 2.24. The van der Waals surface area contributed by atoms with E-state index in [1.807, 2.05) is 0 Å². The molecule has 1 N–H and O–H groups in total. The fraction of sp³-hybridized carbons (Fsp3) is 0.583. The van der Waals surface area contributed by atoms with E-state index in [0.717, 1.165) is 18.0 Å². The molecular formula is C12H17FN2. The van der Waals surface area contributed by atoms with Crippen molar-refractivity contribution in [3.05, 3.63) is 29.8 Å². The molecule has 2 atom stereocenters. The van der Waals surface area contributed by atoms with E-state index in [4.69, 9.17) is 0 Å². The van der Waals surface area contributed by atoms with E-state index < -0.39 is 0 Å². The summed E-state index contributed by atoms with van der Waals surface area (Å²) in [4.78, 5) is 3.83. The normalized spacial score (nSPS) is 25.7. The van der Waals surface area contributed by atoms with Crippen molar-refractivity contribution in [2.75, 3.05) is 0 Å². The summed E-state index contributed by atoms with van der Waals surface area (Å²) in [5.41, 5.74) is 0.926. The number of hydrogen-bond donors (Lipinski definition) is 1. The SMILES string of the molecule is CC1CCC(NCc2cncc(F)c2)C1. The van der Waals surface area contributed by atoms with Crippen LogP contribution in [0.2, 0.25) is 0 Å². The Labute approximate surface area is 89.9 Å². The highest BCUT2D eigenvalue weighted by Gasteiger charge is 2.20. The van der Waals surface area contributed by atoms with Gasteiger partial charge in [-0.3, -0.25) is 4.98 Å². The molecule has 1 heterocycles. The Bertz CT molecular complexity index is 327. The van der Waals surface area contributed by atoms with Gasteiger partial charge in [0.2, 0.25) is 0 Å². The van der Waals surface area contributed by atoms with E-state index in [1.165, 1.54) is 25.5 Å². The molecule has 1 saturated carbocycles. The van der Waals surface area contributed by atoms with Crippen LogP contribution in [0.5, 0.6) is 0 Å². The van der Waals surface area contributed by atoms with Crippen molar-refractivity contribution in [3.8, 4) is 0 Å². The van der Waals surface area contributed by atoms with Crippen LogP contribution < -0.4 is 5.32 Å². The van der Waals surface area contributed by atoms with Gasteiger partial charge in [-0.2, -0.15) is 0 Å². The Morgan fingerprint density at radius 3 is 3.00 bits per heavy atom. The van der Waals surface area contributed by atoms with Gasteiger partial charge in [-0.15, -0.1) is 0 Å². The third-order valence-corrected chi connectivity index (χ3v) is 3.05. The molecule has 0 aliphatic heterocycles.